The molecule has 2 rings (SSSR count). The fourth-order valence-corrected chi connectivity index (χ4v) is 2.16. The van der Waals surface area contributed by atoms with E-state index in [0.29, 0.717) is 6.07 Å². The van der Waals surface area contributed by atoms with Crippen molar-refractivity contribution in [3.63, 3.8) is 0 Å². The second-order valence-corrected chi connectivity index (χ2v) is 4.65. The number of halogens is 2. The van der Waals surface area contributed by atoms with Crippen LogP contribution in [0.3, 0.4) is 0 Å². The molecule has 0 bridgehead atoms. The number of benzene rings is 1. The molecule has 5 nitrogen and oxygen atoms in total. The van der Waals surface area contributed by atoms with Crippen LogP contribution >= 0.6 is 0 Å². The highest BCUT2D eigenvalue weighted by molar-refractivity contribution is 6.17. The van der Waals surface area contributed by atoms with E-state index in [2.05, 4.69) is 5.32 Å². The summed E-state index contributed by atoms with van der Waals surface area (Å²) in [4.78, 5) is 36.3. The number of imide groups is 1. The standard InChI is InChI=1S/C13H12F2N2O3/c1-6-10(13(20)17(2)12(6)19)11(18)16-9-4-7(14)3-8(15)5-9/h3-6,10H,1-2H3,(H,16,18). The molecule has 1 N–H and O–H groups in total. The topological polar surface area (TPSA) is 66.5 Å². The Morgan fingerprint density at radius 2 is 1.70 bits per heavy atom. The van der Waals surface area contributed by atoms with E-state index in [0.717, 1.165) is 17.0 Å². The molecular weight excluding hydrogens is 270 g/mol. The van der Waals surface area contributed by atoms with Gasteiger partial charge in [-0.3, -0.25) is 19.3 Å². The van der Waals surface area contributed by atoms with Crippen LogP contribution in [0.15, 0.2) is 18.2 Å². The lowest BCUT2D eigenvalue weighted by atomic mass is 9.96. The van der Waals surface area contributed by atoms with Crippen molar-refractivity contribution in [2.75, 3.05) is 12.4 Å². The van der Waals surface area contributed by atoms with Crippen LogP contribution in [0.25, 0.3) is 0 Å². The number of nitrogens with zero attached hydrogens (tertiary/aromatic N) is 1. The van der Waals surface area contributed by atoms with Crippen molar-refractivity contribution in [3.8, 4) is 0 Å². The highest BCUT2D eigenvalue weighted by Gasteiger charge is 2.47. The third-order valence-corrected chi connectivity index (χ3v) is 3.23. The Kier molecular flexibility index (Phi) is 3.52. The van der Waals surface area contributed by atoms with E-state index in [1.165, 1.54) is 14.0 Å². The maximum atomic E-state index is 13.0. The maximum Gasteiger partial charge on any atom is 0.242 e. The van der Waals surface area contributed by atoms with Crippen molar-refractivity contribution in [1.29, 1.82) is 0 Å². The van der Waals surface area contributed by atoms with Crippen molar-refractivity contribution in [1.82, 2.24) is 4.90 Å². The van der Waals surface area contributed by atoms with E-state index < -0.39 is 41.2 Å². The Hall–Kier alpha value is -2.31. The van der Waals surface area contributed by atoms with Gasteiger partial charge in [-0.15, -0.1) is 0 Å². The Morgan fingerprint density at radius 3 is 2.15 bits per heavy atom. The SMILES string of the molecule is CC1C(=O)N(C)C(=O)C1C(=O)Nc1cc(F)cc(F)c1. The lowest BCUT2D eigenvalue weighted by Gasteiger charge is -2.12. The maximum absolute atomic E-state index is 13.0. The number of anilines is 1. The summed E-state index contributed by atoms with van der Waals surface area (Å²) in [7, 11) is 1.29. The second-order valence-electron chi connectivity index (χ2n) is 4.65. The zero-order chi connectivity index (χ0) is 15.0. The molecule has 2 unspecified atom stereocenters. The molecule has 0 spiro atoms. The quantitative estimate of drug-likeness (QED) is 0.653. The van der Waals surface area contributed by atoms with Crippen molar-refractivity contribution in [2.24, 2.45) is 11.8 Å². The van der Waals surface area contributed by atoms with Gasteiger partial charge < -0.3 is 5.32 Å². The molecule has 0 saturated carbocycles. The van der Waals surface area contributed by atoms with Crippen molar-refractivity contribution in [3.05, 3.63) is 29.8 Å². The minimum absolute atomic E-state index is 0.102. The van der Waals surface area contributed by atoms with Gasteiger partial charge in [0, 0.05) is 18.8 Å². The van der Waals surface area contributed by atoms with Crippen LogP contribution in [0.5, 0.6) is 0 Å². The number of amides is 3. The van der Waals surface area contributed by atoms with Crippen molar-refractivity contribution in [2.45, 2.75) is 6.92 Å². The van der Waals surface area contributed by atoms with Gasteiger partial charge in [-0.2, -0.15) is 0 Å². The largest absolute Gasteiger partial charge is 0.325 e. The summed E-state index contributed by atoms with van der Waals surface area (Å²) in [5.41, 5.74) is -0.102. The molecule has 0 radical (unpaired) electrons. The highest BCUT2D eigenvalue weighted by Crippen LogP contribution is 2.26. The number of carbonyl (C=O) groups excluding carboxylic acids is 3. The first kappa shape index (κ1) is 14.1. The van der Waals surface area contributed by atoms with Crippen LogP contribution in [0.1, 0.15) is 6.92 Å². The molecule has 1 fully saturated rings. The number of carbonyl (C=O) groups is 3. The molecule has 2 atom stereocenters. The molecule has 7 heteroatoms. The second kappa shape index (κ2) is 4.99. The highest BCUT2D eigenvalue weighted by atomic mass is 19.1. The van der Waals surface area contributed by atoms with Crippen molar-refractivity contribution >= 4 is 23.4 Å². The van der Waals surface area contributed by atoms with E-state index in [9.17, 15) is 23.2 Å². The summed E-state index contributed by atoms with van der Waals surface area (Å²) in [6, 6.07) is 2.52. The van der Waals surface area contributed by atoms with E-state index in [1.54, 1.807) is 0 Å². The Bertz CT molecular complexity index is 583. The van der Waals surface area contributed by atoms with Gasteiger partial charge in [0.25, 0.3) is 0 Å². The van der Waals surface area contributed by atoms with Gasteiger partial charge in [-0.1, -0.05) is 6.92 Å². The number of nitrogens with one attached hydrogen (secondary N) is 1. The molecule has 1 aromatic rings. The monoisotopic (exact) mass is 282 g/mol. The lowest BCUT2D eigenvalue weighted by Crippen LogP contribution is -2.32. The summed E-state index contributed by atoms with van der Waals surface area (Å²) >= 11 is 0. The van der Waals surface area contributed by atoms with Gasteiger partial charge in [-0.25, -0.2) is 8.78 Å². The summed E-state index contributed by atoms with van der Waals surface area (Å²) < 4.78 is 26.0. The molecule has 1 aliphatic rings. The Morgan fingerprint density at radius 1 is 1.15 bits per heavy atom. The van der Waals surface area contributed by atoms with E-state index in [1.807, 2.05) is 0 Å². The van der Waals surface area contributed by atoms with Crippen LogP contribution in [-0.2, 0) is 14.4 Å². The average molecular weight is 282 g/mol. The first-order valence-corrected chi connectivity index (χ1v) is 5.89. The number of hydrogen-bond acceptors (Lipinski definition) is 3. The Labute approximate surface area is 113 Å². The number of likely N-dealkylation sites (tertiary alicyclic amines) is 1. The Balaban J connectivity index is 2.20. The zero-order valence-corrected chi connectivity index (χ0v) is 10.8. The van der Waals surface area contributed by atoms with Gasteiger partial charge >= 0.3 is 0 Å². The van der Waals surface area contributed by atoms with Gasteiger partial charge in [0.2, 0.25) is 17.7 Å². The zero-order valence-electron chi connectivity index (χ0n) is 10.8. The summed E-state index contributed by atoms with van der Waals surface area (Å²) in [5.74, 6) is -5.52. The molecule has 1 aromatic carbocycles. The smallest absolute Gasteiger partial charge is 0.242 e. The molecular formula is C13H12F2N2O3. The molecule has 106 valence electrons. The van der Waals surface area contributed by atoms with Crippen LogP contribution in [0.2, 0.25) is 0 Å². The summed E-state index contributed by atoms with van der Waals surface area (Å²) in [6.45, 7) is 1.46. The lowest BCUT2D eigenvalue weighted by molar-refractivity contribution is -0.138. The molecule has 0 aliphatic carbocycles. The van der Waals surface area contributed by atoms with Crippen LogP contribution in [0, 0.1) is 23.5 Å². The fourth-order valence-electron chi connectivity index (χ4n) is 2.16. The fraction of sp³-hybridized carbons (Fsp3) is 0.308. The number of hydrogen-bond donors (Lipinski definition) is 1. The van der Waals surface area contributed by atoms with Crippen molar-refractivity contribution < 1.29 is 23.2 Å². The molecule has 3 amide bonds. The molecule has 1 aliphatic heterocycles. The minimum atomic E-state index is -1.18. The van der Waals surface area contributed by atoms with Gasteiger partial charge in [-0.05, 0) is 12.1 Å². The molecule has 0 aromatic heterocycles. The van der Waals surface area contributed by atoms with E-state index in [4.69, 9.17) is 0 Å². The number of rotatable bonds is 2. The third-order valence-electron chi connectivity index (χ3n) is 3.23. The normalized spacial score (nSPS) is 22.3. The van der Waals surface area contributed by atoms with Gasteiger partial charge in [0.15, 0.2) is 0 Å². The molecule has 1 saturated heterocycles. The van der Waals surface area contributed by atoms with Gasteiger partial charge in [0.05, 0.1) is 5.92 Å². The van der Waals surface area contributed by atoms with E-state index >= 15 is 0 Å². The van der Waals surface area contributed by atoms with Crippen LogP contribution in [-0.4, -0.2) is 29.7 Å². The first-order chi connectivity index (χ1) is 9.31. The third kappa shape index (κ3) is 2.38. The predicted octanol–water partition coefficient (Wildman–Crippen LogP) is 1.15. The average Bonchev–Trinajstić information content (AvgIpc) is 2.52. The van der Waals surface area contributed by atoms with Gasteiger partial charge in [0.1, 0.15) is 17.6 Å². The minimum Gasteiger partial charge on any atom is -0.325 e. The summed E-state index contributed by atoms with van der Waals surface area (Å²) in [5, 5.41) is 2.25. The van der Waals surface area contributed by atoms with E-state index in [-0.39, 0.29) is 5.69 Å². The predicted molar refractivity (Wildman–Crippen MR) is 65.4 cm³/mol. The first-order valence-electron chi connectivity index (χ1n) is 5.89. The van der Waals surface area contributed by atoms with Crippen LogP contribution < -0.4 is 5.32 Å². The molecule has 1 heterocycles. The summed E-state index contributed by atoms with van der Waals surface area (Å²) in [6.07, 6.45) is 0. The molecule has 20 heavy (non-hydrogen) atoms. The van der Waals surface area contributed by atoms with Crippen LogP contribution in [0.4, 0.5) is 14.5 Å².